The second-order valence-corrected chi connectivity index (χ2v) is 5.98. The third-order valence-electron chi connectivity index (χ3n) is 3.30. The van der Waals surface area contributed by atoms with Crippen LogP contribution in [0.25, 0.3) is 0 Å². The topological polar surface area (TPSA) is 78.9 Å². The number of rotatable bonds is 7. The van der Waals surface area contributed by atoms with Crippen molar-refractivity contribution in [3.05, 3.63) is 0 Å². The van der Waals surface area contributed by atoms with E-state index in [4.69, 9.17) is 9.84 Å². The van der Waals surface area contributed by atoms with Crippen molar-refractivity contribution in [2.24, 2.45) is 0 Å². The number of urea groups is 1. The summed E-state index contributed by atoms with van der Waals surface area (Å²) in [5, 5.41) is 11.6. The van der Waals surface area contributed by atoms with Gasteiger partial charge < -0.3 is 20.1 Å². The van der Waals surface area contributed by atoms with Gasteiger partial charge in [0.25, 0.3) is 0 Å². The van der Waals surface area contributed by atoms with Gasteiger partial charge in [-0.2, -0.15) is 11.8 Å². The second kappa shape index (κ2) is 9.07. The van der Waals surface area contributed by atoms with Gasteiger partial charge in [0.2, 0.25) is 0 Å². The summed E-state index contributed by atoms with van der Waals surface area (Å²) in [6, 6.07) is -1.18. The standard InChI is InChI=1S/C13H24N2O4S/c1-15(9-10-5-3-4-7-19-10)13(18)14-11(12(16)17)6-8-20-2/h10-11H,3-9H2,1-2H3,(H,14,18)(H,16,17)/t10?,11-/m0/s1. The van der Waals surface area contributed by atoms with E-state index < -0.39 is 12.0 Å². The van der Waals surface area contributed by atoms with Gasteiger partial charge in [-0.1, -0.05) is 0 Å². The third kappa shape index (κ3) is 6.00. The number of ether oxygens (including phenoxy) is 1. The number of carbonyl (C=O) groups excluding carboxylic acids is 1. The number of carboxylic acid groups (broad SMARTS) is 1. The lowest BCUT2D eigenvalue weighted by Crippen LogP contribution is -2.49. The Morgan fingerprint density at radius 2 is 2.25 bits per heavy atom. The molecule has 6 nitrogen and oxygen atoms in total. The predicted molar refractivity (Wildman–Crippen MR) is 79.2 cm³/mol. The van der Waals surface area contributed by atoms with Crippen molar-refractivity contribution in [3.63, 3.8) is 0 Å². The minimum atomic E-state index is -0.991. The number of hydrogen-bond acceptors (Lipinski definition) is 4. The van der Waals surface area contributed by atoms with E-state index in [1.54, 1.807) is 18.8 Å². The van der Waals surface area contributed by atoms with Gasteiger partial charge in [0.05, 0.1) is 6.10 Å². The minimum Gasteiger partial charge on any atom is -0.480 e. The summed E-state index contributed by atoms with van der Waals surface area (Å²) in [4.78, 5) is 24.6. The van der Waals surface area contributed by atoms with Crippen molar-refractivity contribution in [1.29, 1.82) is 0 Å². The van der Waals surface area contributed by atoms with Crippen LogP contribution >= 0.6 is 11.8 Å². The van der Waals surface area contributed by atoms with Gasteiger partial charge in [-0.15, -0.1) is 0 Å². The van der Waals surface area contributed by atoms with Gasteiger partial charge in [-0.05, 0) is 37.7 Å². The molecule has 0 aromatic heterocycles. The SMILES string of the molecule is CSCC[C@H](NC(=O)N(C)CC1CCCCO1)C(=O)O. The van der Waals surface area contributed by atoms with Crippen molar-refractivity contribution in [3.8, 4) is 0 Å². The molecule has 2 atom stereocenters. The number of thioether (sulfide) groups is 1. The molecule has 0 aliphatic carbocycles. The van der Waals surface area contributed by atoms with Gasteiger partial charge in [0, 0.05) is 20.2 Å². The van der Waals surface area contributed by atoms with Crippen LogP contribution in [0, 0.1) is 0 Å². The van der Waals surface area contributed by atoms with Gasteiger partial charge in [-0.25, -0.2) is 9.59 Å². The zero-order chi connectivity index (χ0) is 15.0. The Bertz CT molecular complexity index is 321. The van der Waals surface area contributed by atoms with Crippen molar-refractivity contribution in [2.45, 2.75) is 37.8 Å². The number of nitrogens with one attached hydrogen (secondary N) is 1. The molecule has 0 aromatic carbocycles. The molecule has 0 aromatic rings. The average Bonchev–Trinajstić information content (AvgIpc) is 2.43. The molecule has 116 valence electrons. The number of carbonyl (C=O) groups is 2. The van der Waals surface area contributed by atoms with E-state index in [-0.39, 0.29) is 12.1 Å². The summed E-state index contributed by atoms with van der Waals surface area (Å²) in [5.41, 5.74) is 0. The fourth-order valence-corrected chi connectivity index (χ4v) is 2.56. The first-order chi connectivity index (χ1) is 9.54. The van der Waals surface area contributed by atoms with E-state index in [1.165, 1.54) is 4.90 Å². The lowest BCUT2D eigenvalue weighted by molar-refractivity contribution is -0.139. The Morgan fingerprint density at radius 1 is 1.50 bits per heavy atom. The highest BCUT2D eigenvalue weighted by molar-refractivity contribution is 7.98. The minimum absolute atomic E-state index is 0.0639. The molecule has 20 heavy (non-hydrogen) atoms. The van der Waals surface area contributed by atoms with Crippen LogP contribution in [0.3, 0.4) is 0 Å². The van der Waals surface area contributed by atoms with Crippen LogP contribution in [0.4, 0.5) is 4.79 Å². The number of carboxylic acids is 1. The first-order valence-electron chi connectivity index (χ1n) is 6.89. The van der Waals surface area contributed by atoms with Crippen molar-refractivity contribution >= 4 is 23.8 Å². The first-order valence-corrected chi connectivity index (χ1v) is 8.29. The summed E-state index contributed by atoms with van der Waals surface area (Å²) < 4.78 is 5.57. The largest absolute Gasteiger partial charge is 0.480 e. The van der Waals surface area contributed by atoms with E-state index in [0.29, 0.717) is 18.7 Å². The third-order valence-corrected chi connectivity index (χ3v) is 3.95. The van der Waals surface area contributed by atoms with Crippen LogP contribution in [0.2, 0.25) is 0 Å². The Hall–Kier alpha value is -0.950. The molecule has 2 N–H and O–H groups in total. The summed E-state index contributed by atoms with van der Waals surface area (Å²) in [5.74, 6) is -0.290. The van der Waals surface area contributed by atoms with E-state index in [2.05, 4.69) is 5.32 Å². The fourth-order valence-electron chi connectivity index (χ4n) is 2.09. The van der Waals surface area contributed by atoms with Gasteiger partial charge in [-0.3, -0.25) is 0 Å². The van der Waals surface area contributed by atoms with Crippen LogP contribution in [0.1, 0.15) is 25.7 Å². The van der Waals surface area contributed by atoms with E-state index in [9.17, 15) is 9.59 Å². The molecule has 1 aliphatic rings. The number of aliphatic carboxylic acids is 1. The fraction of sp³-hybridized carbons (Fsp3) is 0.846. The molecule has 1 unspecified atom stereocenters. The van der Waals surface area contributed by atoms with E-state index in [1.807, 2.05) is 6.26 Å². The molecule has 1 rings (SSSR count). The Morgan fingerprint density at radius 3 is 2.80 bits per heavy atom. The molecule has 0 saturated carbocycles. The van der Waals surface area contributed by atoms with Crippen LogP contribution in [0.5, 0.6) is 0 Å². The quantitative estimate of drug-likeness (QED) is 0.743. The maximum Gasteiger partial charge on any atom is 0.326 e. The van der Waals surface area contributed by atoms with Crippen LogP contribution in [0.15, 0.2) is 0 Å². The molecule has 1 saturated heterocycles. The molecular formula is C13H24N2O4S. The monoisotopic (exact) mass is 304 g/mol. The number of nitrogens with zero attached hydrogens (tertiary/aromatic N) is 1. The average molecular weight is 304 g/mol. The summed E-state index contributed by atoms with van der Waals surface area (Å²) in [7, 11) is 1.67. The van der Waals surface area contributed by atoms with Crippen molar-refractivity contribution in [2.75, 3.05) is 32.2 Å². The Balaban J connectivity index is 2.39. The molecular weight excluding hydrogens is 280 g/mol. The normalized spacial score (nSPS) is 20.2. The zero-order valence-electron chi connectivity index (χ0n) is 12.1. The molecule has 0 spiro atoms. The Labute approximate surface area is 124 Å². The molecule has 1 heterocycles. The van der Waals surface area contributed by atoms with Crippen molar-refractivity contribution < 1.29 is 19.4 Å². The van der Waals surface area contributed by atoms with E-state index >= 15 is 0 Å². The number of hydrogen-bond donors (Lipinski definition) is 2. The maximum absolute atomic E-state index is 12.0. The highest BCUT2D eigenvalue weighted by Gasteiger charge is 2.23. The Kier molecular flexibility index (Phi) is 7.76. The lowest BCUT2D eigenvalue weighted by Gasteiger charge is -2.28. The summed E-state index contributed by atoms with van der Waals surface area (Å²) >= 11 is 1.56. The van der Waals surface area contributed by atoms with Gasteiger partial charge in [0.15, 0.2) is 0 Å². The molecule has 0 bridgehead atoms. The summed E-state index contributed by atoms with van der Waals surface area (Å²) in [6.45, 7) is 1.24. The second-order valence-electron chi connectivity index (χ2n) is 4.99. The van der Waals surface area contributed by atoms with Gasteiger partial charge in [0.1, 0.15) is 6.04 Å². The van der Waals surface area contributed by atoms with Crippen LogP contribution < -0.4 is 5.32 Å². The summed E-state index contributed by atoms with van der Waals surface area (Å²) in [6.07, 6.45) is 5.54. The van der Waals surface area contributed by atoms with Crippen LogP contribution in [-0.4, -0.2) is 66.4 Å². The number of amides is 2. The van der Waals surface area contributed by atoms with Gasteiger partial charge >= 0.3 is 12.0 Å². The molecule has 1 aliphatic heterocycles. The van der Waals surface area contributed by atoms with Crippen molar-refractivity contribution in [1.82, 2.24) is 10.2 Å². The van der Waals surface area contributed by atoms with E-state index in [0.717, 1.165) is 25.9 Å². The first kappa shape index (κ1) is 17.1. The maximum atomic E-state index is 12.0. The predicted octanol–water partition coefficient (Wildman–Crippen LogP) is 1.40. The smallest absolute Gasteiger partial charge is 0.326 e. The molecule has 0 radical (unpaired) electrons. The van der Waals surface area contributed by atoms with Crippen LogP contribution in [-0.2, 0) is 9.53 Å². The molecule has 2 amide bonds. The molecule has 7 heteroatoms. The number of likely N-dealkylation sites (N-methyl/N-ethyl adjacent to an activating group) is 1. The zero-order valence-corrected chi connectivity index (χ0v) is 12.9. The highest BCUT2D eigenvalue weighted by atomic mass is 32.2. The molecule has 1 fully saturated rings. The highest BCUT2D eigenvalue weighted by Crippen LogP contribution is 2.13. The lowest BCUT2D eigenvalue weighted by atomic mass is 10.1.